The third kappa shape index (κ3) is 0.610. The molecule has 0 amide bonds. The molecule has 0 aromatic rings. The van der Waals surface area contributed by atoms with Gasteiger partial charge in [-0.25, -0.2) is 4.39 Å². The van der Waals surface area contributed by atoms with Crippen molar-refractivity contribution in [3.8, 4) is 0 Å². The fraction of sp³-hybridized carbons (Fsp3) is 0. The Kier molecular flexibility index (Phi) is 0.823. The van der Waals surface area contributed by atoms with Crippen LogP contribution in [-0.2, 0) is 0 Å². The lowest BCUT2D eigenvalue weighted by atomic mass is 10.3. The monoisotopic (exact) mass is 96.0 g/mol. The topological polar surface area (TPSA) is 0 Å². The van der Waals surface area contributed by atoms with Crippen molar-refractivity contribution in [2.24, 2.45) is 0 Å². The molecule has 1 heteroatoms. The Hall–Kier alpha value is -0.850. The van der Waals surface area contributed by atoms with Gasteiger partial charge in [0.2, 0.25) is 0 Å². The molecule has 36 valence electrons. The van der Waals surface area contributed by atoms with Gasteiger partial charge in [-0.15, -0.1) is 0 Å². The zero-order chi connectivity index (χ0) is 5.28. The molecule has 0 atom stereocenters. The first-order valence-electron chi connectivity index (χ1n) is 2.04. The summed E-state index contributed by atoms with van der Waals surface area (Å²) >= 11 is 0. The molecule has 0 aromatic heterocycles. The number of hydrogen-bond acceptors (Lipinski definition) is 0. The normalized spacial score (nSPS) is 17.9. The van der Waals surface area contributed by atoms with Gasteiger partial charge in [0.15, 0.2) is 0 Å². The minimum absolute atomic E-state index is 0.222. The van der Waals surface area contributed by atoms with Crippen LogP contribution in [0.3, 0.4) is 0 Å². The molecule has 1 aliphatic rings. The first-order valence-corrected chi connectivity index (χ1v) is 2.04. The van der Waals surface area contributed by atoms with Crippen LogP contribution in [0.4, 0.5) is 4.39 Å². The van der Waals surface area contributed by atoms with E-state index in [-0.39, 0.29) is 5.83 Å². The lowest BCUT2D eigenvalue weighted by Crippen LogP contribution is -1.64. The molecule has 0 bridgehead atoms. The van der Waals surface area contributed by atoms with E-state index in [0.29, 0.717) is 5.57 Å². The third-order valence-electron chi connectivity index (χ3n) is 0.847. The summed E-state index contributed by atoms with van der Waals surface area (Å²) in [7, 11) is 0. The molecule has 0 saturated carbocycles. The standard InChI is InChI=1S/C6H5F/c1-5-3-2-4-6(5)7/h2-4H,1H2. The van der Waals surface area contributed by atoms with Crippen LogP contribution < -0.4 is 0 Å². The molecule has 0 aromatic carbocycles. The molecular weight excluding hydrogens is 91.1 g/mol. The van der Waals surface area contributed by atoms with Crippen LogP contribution in [0.2, 0.25) is 0 Å². The minimum Gasteiger partial charge on any atom is -0.206 e. The van der Waals surface area contributed by atoms with Crippen molar-refractivity contribution < 1.29 is 4.39 Å². The average Bonchev–Trinajstić information content (AvgIpc) is 1.91. The lowest BCUT2D eigenvalue weighted by molar-refractivity contribution is 0.662. The summed E-state index contributed by atoms with van der Waals surface area (Å²) < 4.78 is 12.0. The van der Waals surface area contributed by atoms with E-state index in [1.807, 2.05) is 0 Å². The first-order chi connectivity index (χ1) is 3.30. The number of rotatable bonds is 0. The van der Waals surface area contributed by atoms with E-state index in [9.17, 15) is 4.39 Å². The number of allylic oxidation sites excluding steroid dienone is 5. The highest BCUT2D eigenvalue weighted by Gasteiger charge is 1.98. The highest BCUT2D eigenvalue weighted by molar-refractivity contribution is 5.42. The Morgan fingerprint density at radius 2 is 2.29 bits per heavy atom. The van der Waals surface area contributed by atoms with Gasteiger partial charge in [0.25, 0.3) is 0 Å². The van der Waals surface area contributed by atoms with Crippen LogP contribution in [0.15, 0.2) is 36.2 Å². The van der Waals surface area contributed by atoms with Crippen LogP contribution in [0, 0.1) is 0 Å². The van der Waals surface area contributed by atoms with E-state index in [4.69, 9.17) is 0 Å². The van der Waals surface area contributed by atoms with E-state index < -0.39 is 0 Å². The van der Waals surface area contributed by atoms with Crippen LogP contribution in [0.25, 0.3) is 0 Å². The quantitative estimate of drug-likeness (QED) is 0.432. The highest BCUT2D eigenvalue weighted by Crippen LogP contribution is 2.15. The zero-order valence-corrected chi connectivity index (χ0v) is 3.82. The fourth-order valence-corrected chi connectivity index (χ4v) is 0.435. The van der Waals surface area contributed by atoms with E-state index >= 15 is 0 Å². The van der Waals surface area contributed by atoms with Crippen LogP contribution in [-0.4, -0.2) is 0 Å². The lowest BCUT2D eigenvalue weighted by Gasteiger charge is -1.81. The van der Waals surface area contributed by atoms with Crippen molar-refractivity contribution in [1.82, 2.24) is 0 Å². The van der Waals surface area contributed by atoms with Gasteiger partial charge in [-0.1, -0.05) is 18.7 Å². The van der Waals surface area contributed by atoms with E-state index in [2.05, 4.69) is 6.58 Å². The van der Waals surface area contributed by atoms with Gasteiger partial charge in [0.05, 0.1) is 0 Å². The maximum atomic E-state index is 12.0. The van der Waals surface area contributed by atoms with Gasteiger partial charge < -0.3 is 0 Å². The smallest absolute Gasteiger partial charge is 0.129 e. The maximum Gasteiger partial charge on any atom is 0.129 e. The SMILES string of the molecule is C=C1C=CC=C1F. The third-order valence-corrected chi connectivity index (χ3v) is 0.847. The summed E-state index contributed by atoms with van der Waals surface area (Å²) in [5.74, 6) is -0.222. The second-order valence-corrected chi connectivity index (χ2v) is 1.40. The van der Waals surface area contributed by atoms with Gasteiger partial charge in [-0.3, -0.25) is 0 Å². The second kappa shape index (κ2) is 1.34. The molecular formula is C6H5F. The largest absolute Gasteiger partial charge is 0.206 e. The summed E-state index contributed by atoms with van der Waals surface area (Å²) in [6, 6.07) is 0. The van der Waals surface area contributed by atoms with Crippen molar-refractivity contribution in [3.05, 3.63) is 36.2 Å². The average molecular weight is 96.1 g/mol. The highest BCUT2D eigenvalue weighted by atomic mass is 19.1. The van der Waals surface area contributed by atoms with E-state index in [0.717, 1.165) is 0 Å². The van der Waals surface area contributed by atoms with Gasteiger partial charge in [0, 0.05) is 5.57 Å². The summed E-state index contributed by atoms with van der Waals surface area (Å²) in [5, 5.41) is 0. The summed E-state index contributed by atoms with van der Waals surface area (Å²) in [4.78, 5) is 0. The van der Waals surface area contributed by atoms with Gasteiger partial charge in [-0.05, 0) is 6.08 Å². The van der Waals surface area contributed by atoms with E-state index in [1.54, 1.807) is 12.2 Å². The molecule has 0 spiro atoms. The van der Waals surface area contributed by atoms with Crippen molar-refractivity contribution in [2.75, 3.05) is 0 Å². The zero-order valence-electron chi connectivity index (χ0n) is 3.82. The molecule has 0 heterocycles. The molecule has 0 nitrogen and oxygen atoms in total. The summed E-state index contributed by atoms with van der Waals surface area (Å²) in [5.41, 5.74) is 0.472. The van der Waals surface area contributed by atoms with Crippen LogP contribution >= 0.6 is 0 Å². The molecule has 0 unspecified atom stereocenters. The van der Waals surface area contributed by atoms with Gasteiger partial charge in [-0.2, -0.15) is 0 Å². The molecule has 0 saturated heterocycles. The van der Waals surface area contributed by atoms with Crippen molar-refractivity contribution in [3.63, 3.8) is 0 Å². The second-order valence-electron chi connectivity index (χ2n) is 1.40. The maximum absolute atomic E-state index is 12.0. The Morgan fingerprint density at radius 3 is 2.43 bits per heavy atom. The molecule has 7 heavy (non-hydrogen) atoms. The molecule has 1 aliphatic carbocycles. The number of hydrogen-bond donors (Lipinski definition) is 0. The summed E-state index contributed by atoms with van der Waals surface area (Å²) in [6.45, 7) is 3.41. The molecule has 1 rings (SSSR count). The Labute approximate surface area is 41.7 Å². The van der Waals surface area contributed by atoms with Crippen molar-refractivity contribution >= 4 is 0 Å². The Balaban J connectivity index is 2.89. The van der Waals surface area contributed by atoms with Crippen molar-refractivity contribution in [2.45, 2.75) is 0 Å². The first kappa shape index (κ1) is 4.31. The predicted molar refractivity (Wildman–Crippen MR) is 27.5 cm³/mol. The van der Waals surface area contributed by atoms with Gasteiger partial charge >= 0.3 is 0 Å². The number of halogens is 1. The molecule has 0 fully saturated rings. The van der Waals surface area contributed by atoms with Crippen LogP contribution in [0.5, 0.6) is 0 Å². The predicted octanol–water partition coefficient (Wildman–Crippen LogP) is 1.97. The van der Waals surface area contributed by atoms with E-state index in [1.165, 1.54) is 6.08 Å². The van der Waals surface area contributed by atoms with Gasteiger partial charge in [0.1, 0.15) is 5.83 Å². The Bertz CT molecular complexity index is 152. The molecule has 0 radical (unpaired) electrons. The Morgan fingerprint density at radius 1 is 1.57 bits per heavy atom. The fourth-order valence-electron chi connectivity index (χ4n) is 0.435. The minimum atomic E-state index is -0.222. The van der Waals surface area contributed by atoms with Crippen molar-refractivity contribution in [1.29, 1.82) is 0 Å². The van der Waals surface area contributed by atoms with Crippen LogP contribution in [0.1, 0.15) is 0 Å². The molecule has 0 N–H and O–H groups in total. The summed E-state index contributed by atoms with van der Waals surface area (Å²) in [6.07, 6.45) is 4.66. The molecule has 0 aliphatic heterocycles.